The first-order chi connectivity index (χ1) is 12.0. The molecule has 1 heterocycles. The first-order valence-electron chi connectivity index (χ1n) is 9.11. The number of nitrogens with one attached hydrogen (secondary N) is 1. The number of halogens is 2. The van der Waals surface area contributed by atoms with Gasteiger partial charge in [0.1, 0.15) is 5.82 Å². The summed E-state index contributed by atoms with van der Waals surface area (Å²) in [5.74, 6) is 0.735. The Labute approximate surface area is 155 Å². The van der Waals surface area contributed by atoms with Gasteiger partial charge in [0, 0.05) is 29.6 Å². The van der Waals surface area contributed by atoms with Gasteiger partial charge in [-0.05, 0) is 66.4 Å². The molecule has 2 fully saturated rings. The van der Waals surface area contributed by atoms with Crippen molar-refractivity contribution in [2.45, 2.75) is 51.5 Å². The highest BCUT2D eigenvalue weighted by Gasteiger charge is 2.33. The average Bonchev–Trinajstić information content (AvgIpc) is 3.43. The molecule has 0 bridgehead atoms. The number of carbonyl (C=O) groups is 1. The minimum absolute atomic E-state index is 0.134. The number of ketones is 1. The van der Waals surface area contributed by atoms with Crippen molar-refractivity contribution in [1.29, 1.82) is 0 Å². The second-order valence-corrected chi connectivity index (χ2v) is 8.42. The third kappa shape index (κ3) is 3.43. The third-order valence-electron chi connectivity index (χ3n) is 5.49. The second kappa shape index (κ2) is 6.67. The molecule has 3 nitrogen and oxygen atoms in total. The van der Waals surface area contributed by atoms with Crippen LogP contribution in [0.5, 0.6) is 0 Å². The van der Waals surface area contributed by atoms with Crippen molar-refractivity contribution in [2.75, 3.05) is 5.32 Å². The molecule has 0 aliphatic heterocycles. The number of nitrogens with zero attached hydrogens (tertiary/aromatic N) is 1. The Balaban J connectivity index is 1.77. The van der Waals surface area contributed by atoms with Crippen LogP contribution in [0.1, 0.15) is 55.8 Å². The van der Waals surface area contributed by atoms with Gasteiger partial charge in [0.2, 0.25) is 0 Å². The summed E-state index contributed by atoms with van der Waals surface area (Å²) in [6.45, 7) is 2.29. The largest absolute Gasteiger partial charge is 0.381 e. The van der Waals surface area contributed by atoms with Crippen LogP contribution in [0.25, 0.3) is 10.9 Å². The molecule has 4 rings (SSSR count). The average molecular weight is 405 g/mol. The molecule has 0 spiro atoms. The first-order valence-corrected chi connectivity index (χ1v) is 9.90. The molecule has 0 saturated heterocycles. The van der Waals surface area contributed by atoms with Gasteiger partial charge in [-0.1, -0.05) is 6.92 Å². The SMILES string of the molecule is CC1CCC(Nc2c(C(=O)C3CC3)cnc3cc(F)c(Br)cc23)CC1. The van der Waals surface area contributed by atoms with Crippen LogP contribution in [0, 0.1) is 17.7 Å². The molecule has 2 aliphatic carbocycles. The van der Waals surface area contributed by atoms with Gasteiger partial charge in [0.05, 0.1) is 21.2 Å². The predicted molar refractivity (Wildman–Crippen MR) is 101 cm³/mol. The molecule has 0 amide bonds. The summed E-state index contributed by atoms with van der Waals surface area (Å²) in [5, 5.41) is 4.44. The topological polar surface area (TPSA) is 42.0 Å². The normalized spacial score (nSPS) is 23.6. The molecule has 0 unspecified atom stereocenters. The maximum absolute atomic E-state index is 13.9. The quantitative estimate of drug-likeness (QED) is 0.662. The summed E-state index contributed by atoms with van der Waals surface area (Å²) < 4.78 is 14.3. The molecule has 2 aliphatic rings. The number of fused-ring (bicyclic) bond motifs is 1. The highest BCUT2D eigenvalue weighted by atomic mass is 79.9. The lowest BCUT2D eigenvalue weighted by atomic mass is 9.87. The van der Waals surface area contributed by atoms with Crippen LogP contribution in [-0.2, 0) is 0 Å². The number of Topliss-reactive ketones (excluding diaryl/α,β-unsaturated/α-hetero) is 1. The van der Waals surface area contributed by atoms with Crippen LogP contribution in [0.3, 0.4) is 0 Å². The monoisotopic (exact) mass is 404 g/mol. The fourth-order valence-corrected chi connectivity index (χ4v) is 4.05. The standard InChI is InChI=1S/C20H22BrFN2O/c1-11-2-6-13(7-3-11)24-19-14-8-16(21)17(22)9-18(14)23-10-15(19)20(25)12-4-5-12/h8-13H,2-7H2,1H3,(H,23,24). The van der Waals surface area contributed by atoms with Gasteiger partial charge >= 0.3 is 0 Å². The molecule has 2 aromatic rings. The molecule has 1 N–H and O–H groups in total. The summed E-state index contributed by atoms with van der Waals surface area (Å²) in [6, 6.07) is 3.53. The van der Waals surface area contributed by atoms with E-state index in [1.54, 1.807) is 12.3 Å². The van der Waals surface area contributed by atoms with E-state index in [1.807, 2.05) is 0 Å². The number of benzene rings is 1. The Kier molecular flexibility index (Phi) is 4.52. The van der Waals surface area contributed by atoms with E-state index in [4.69, 9.17) is 0 Å². The Morgan fingerprint density at radius 3 is 2.60 bits per heavy atom. The molecule has 5 heteroatoms. The van der Waals surface area contributed by atoms with Gasteiger partial charge in [0.15, 0.2) is 5.78 Å². The van der Waals surface area contributed by atoms with Crippen molar-refractivity contribution in [3.05, 3.63) is 34.2 Å². The van der Waals surface area contributed by atoms with Crippen molar-refractivity contribution >= 4 is 38.3 Å². The molecule has 0 atom stereocenters. The zero-order valence-corrected chi connectivity index (χ0v) is 15.9. The van der Waals surface area contributed by atoms with E-state index in [0.29, 0.717) is 21.6 Å². The van der Waals surface area contributed by atoms with Crippen LogP contribution in [0.2, 0.25) is 0 Å². The van der Waals surface area contributed by atoms with Gasteiger partial charge < -0.3 is 5.32 Å². The van der Waals surface area contributed by atoms with Crippen LogP contribution >= 0.6 is 15.9 Å². The molecule has 0 radical (unpaired) electrons. The number of hydrogen-bond donors (Lipinski definition) is 1. The molecule has 132 valence electrons. The maximum Gasteiger partial charge on any atom is 0.169 e. The van der Waals surface area contributed by atoms with E-state index in [1.165, 1.54) is 18.9 Å². The number of pyridine rings is 1. The lowest BCUT2D eigenvalue weighted by Gasteiger charge is -2.29. The van der Waals surface area contributed by atoms with Crippen LogP contribution in [-0.4, -0.2) is 16.8 Å². The number of rotatable bonds is 4. The van der Waals surface area contributed by atoms with E-state index < -0.39 is 0 Å². The smallest absolute Gasteiger partial charge is 0.169 e. The van der Waals surface area contributed by atoms with Gasteiger partial charge in [-0.15, -0.1) is 0 Å². The van der Waals surface area contributed by atoms with E-state index in [2.05, 4.69) is 33.2 Å². The summed E-state index contributed by atoms with van der Waals surface area (Å²) in [6.07, 6.45) is 8.16. The molecule has 25 heavy (non-hydrogen) atoms. The minimum atomic E-state index is -0.335. The van der Waals surface area contributed by atoms with Crippen LogP contribution in [0.15, 0.2) is 22.8 Å². The van der Waals surface area contributed by atoms with Crippen molar-refractivity contribution < 1.29 is 9.18 Å². The molecular formula is C20H22BrFN2O. The van der Waals surface area contributed by atoms with Gasteiger partial charge in [0.25, 0.3) is 0 Å². The van der Waals surface area contributed by atoms with E-state index >= 15 is 0 Å². The predicted octanol–water partition coefficient (Wildman–Crippen LogP) is 5.72. The Bertz CT molecular complexity index is 826. The van der Waals surface area contributed by atoms with E-state index in [9.17, 15) is 9.18 Å². The van der Waals surface area contributed by atoms with Crippen LogP contribution in [0.4, 0.5) is 10.1 Å². The number of hydrogen-bond acceptors (Lipinski definition) is 3. The Morgan fingerprint density at radius 1 is 1.20 bits per heavy atom. The maximum atomic E-state index is 13.9. The van der Waals surface area contributed by atoms with Gasteiger partial charge in [-0.2, -0.15) is 0 Å². The van der Waals surface area contributed by atoms with Gasteiger partial charge in [-0.25, -0.2) is 4.39 Å². The third-order valence-corrected chi connectivity index (χ3v) is 6.10. The zero-order valence-electron chi connectivity index (χ0n) is 14.3. The van der Waals surface area contributed by atoms with E-state index in [-0.39, 0.29) is 17.5 Å². The molecule has 2 saturated carbocycles. The second-order valence-electron chi connectivity index (χ2n) is 7.57. The minimum Gasteiger partial charge on any atom is -0.381 e. The summed E-state index contributed by atoms with van der Waals surface area (Å²) in [5.41, 5.74) is 2.08. The fraction of sp³-hybridized carbons (Fsp3) is 0.500. The fourth-order valence-electron chi connectivity index (χ4n) is 3.70. The number of anilines is 1. The summed E-state index contributed by atoms with van der Waals surface area (Å²) >= 11 is 3.27. The van der Waals surface area contributed by atoms with E-state index in [0.717, 1.165) is 42.7 Å². The lowest BCUT2D eigenvalue weighted by Crippen LogP contribution is -2.26. The summed E-state index contributed by atoms with van der Waals surface area (Å²) in [4.78, 5) is 17.1. The summed E-state index contributed by atoms with van der Waals surface area (Å²) in [7, 11) is 0. The Hall–Kier alpha value is -1.49. The number of carbonyl (C=O) groups excluding carboxylic acids is 1. The molecular weight excluding hydrogens is 383 g/mol. The van der Waals surface area contributed by atoms with Crippen molar-refractivity contribution in [2.24, 2.45) is 11.8 Å². The highest BCUT2D eigenvalue weighted by Crippen LogP contribution is 2.38. The molecule has 1 aromatic heterocycles. The molecule has 1 aromatic carbocycles. The highest BCUT2D eigenvalue weighted by molar-refractivity contribution is 9.10. The van der Waals surface area contributed by atoms with Crippen LogP contribution < -0.4 is 5.32 Å². The van der Waals surface area contributed by atoms with Crippen molar-refractivity contribution in [3.63, 3.8) is 0 Å². The first kappa shape index (κ1) is 17.0. The number of aromatic nitrogens is 1. The van der Waals surface area contributed by atoms with Crippen molar-refractivity contribution in [3.8, 4) is 0 Å². The zero-order chi connectivity index (χ0) is 17.6. The Morgan fingerprint density at radius 2 is 1.92 bits per heavy atom. The van der Waals surface area contributed by atoms with Gasteiger partial charge in [-0.3, -0.25) is 9.78 Å². The van der Waals surface area contributed by atoms with Crippen molar-refractivity contribution in [1.82, 2.24) is 4.98 Å². The lowest BCUT2D eigenvalue weighted by molar-refractivity contribution is 0.0968.